The van der Waals surface area contributed by atoms with Crippen molar-refractivity contribution in [3.8, 4) is 0 Å². The van der Waals surface area contributed by atoms with Gasteiger partial charge in [-0.25, -0.2) is 4.79 Å². The van der Waals surface area contributed by atoms with Gasteiger partial charge in [-0.2, -0.15) is 0 Å². The molecule has 9 heavy (non-hydrogen) atoms. The topological polar surface area (TPSA) is 26.3 Å². The van der Waals surface area contributed by atoms with Crippen LogP contribution in [0.25, 0.3) is 0 Å². The van der Waals surface area contributed by atoms with E-state index in [4.69, 9.17) is 4.74 Å². The SMILES string of the molecule is O=C1C=CCC(=CBr)O1. The van der Waals surface area contributed by atoms with Gasteiger partial charge in [-0.3, -0.25) is 0 Å². The summed E-state index contributed by atoms with van der Waals surface area (Å²) in [4.78, 5) is 12.1. The Morgan fingerprint density at radius 2 is 2.56 bits per heavy atom. The van der Waals surface area contributed by atoms with Crippen LogP contribution in [0.15, 0.2) is 22.9 Å². The van der Waals surface area contributed by atoms with Crippen LogP contribution < -0.4 is 0 Å². The quantitative estimate of drug-likeness (QED) is 0.542. The number of hydrogen-bond donors (Lipinski definition) is 0. The first-order valence-electron chi connectivity index (χ1n) is 2.50. The molecule has 0 aromatic carbocycles. The van der Waals surface area contributed by atoms with Crippen molar-refractivity contribution in [2.24, 2.45) is 0 Å². The van der Waals surface area contributed by atoms with Gasteiger partial charge >= 0.3 is 5.97 Å². The van der Waals surface area contributed by atoms with Gasteiger partial charge in [0.1, 0.15) is 5.76 Å². The predicted octanol–water partition coefficient (Wildman–Crippen LogP) is 1.73. The molecule has 0 aliphatic carbocycles. The van der Waals surface area contributed by atoms with Crippen molar-refractivity contribution >= 4 is 21.9 Å². The molecule has 0 spiro atoms. The van der Waals surface area contributed by atoms with Crippen LogP contribution in [0.5, 0.6) is 0 Å². The Hall–Kier alpha value is -0.570. The molecule has 2 nitrogen and oxygen atoms in total. The highest BCUT2D eigenvalue weighted by atomic mass is 79.9. The minimum Gasteiger partial charge on any atom is -0.427 e. The number of allylic oxidation sites excluding steroid dienone is 1. The third kappa shape index (κ3) is 1.68. The maximum absolute atomic E-state index is 10.5. The van der Waals surface area contributed by atoms with Gasteiger partial charge in [-0.15, -0.1) is 0 Å². The molecule has 1 aliphatic rings. The monoisotopic (exact) mass is 188 g/mol. The molecule has 0 amide bonds. The number of ether oxygens (including phenoxy) is 1. The first kappa shape index (κ1) is 6.55. The van der Waals surface area contributed by atoms with E-state index < -0.39 is 0 Å². The lowest BCUT2D eigenvalue weighted by atomic mass is 10.3. The molecule has 3 heteroatoms. The molecule has 0 saturated heterocycles. The van der Waals surface area contributed by atoms with E-state index >= 15 is 0 Å². The van der Waals surface area contributed by atoms with Crippen LogP contribution in [0.1, 0.15) is 6.42 Å². The smallest absolute Gasteiger partial charge is 0.335 e. The lowest BCUT2D eigenvalue weighted by Crippen LogP contribution is -2.03. The fraction of sp³-hybridized carbons (Fsp3) is 0.167. The van der Waals surface area contributed by atoms with E-state index in [9.17, 15) is 4.79 Å². The summed E-state index contributed by atoms with van der Waals surface area (Å²) in [5.41, 5.74) is 0. The van der Waals surface area contributed by atoms with Gasteiger partial charge < -0.3 is 4.74 Å². The zero-order valence-corrected chi connectivity index (χ0v) is 6.22. The number of carbonyl (C=O) groups excluding carboxylic acids is 1. The summed E-state index contributed by atoms with van der Waals surface area (Å²) < 4.78 is 4.72. The molecule has 1 heterocycles. The maximum atomic E-state index is 10.5. The molecule has 0 aromatic rings. The van der Waals surface area contributed by atoms with Gasteiger partial charge in [0.25, 0.3) is 0 Å². The Labute approximate surface area is 61.3 Å². The van der Waals surface area contributed by atoms with Crippen molar-refractivity contribution in [3.63, 3.8) is 0 Å². The molecule has 0 unspecified atom stereocenters. The highest BCUT2D eigenvalue weighted by Gasteiger charge is 2.06. The van der Waals surface area contributed by atoms with Crippen LogP contribution in [0, 0.1) is 0 Å². The van der Waals surface area contributed by atoms with E-state index in [-0.39, 0.29) is 5.97 Å². The van der Waals surface area contributed by atoms with Crippen molar-refractivity contribution in [2.75, 3.05) is 0 Å². The summed E-state index contributed by atoms with van der Waals surface area (Å²) in [6, 6.07) is 0. The molecule has 0 atom stereocenters. The number of rotatable bonds is 0. The van der Waals surface area contributed by atoms with Gasteiger partial charge in [0.15, 0.2) is 0 Å². The highest BCUT2D eigenvalue weighted by molar-refractivity contribution is 9.11. The van der Waals surface area contributed by atoms with Crippen molar-refractivity contribution in [1.29, 1.82) is 0 Å². The van der Waals surface area contributed by atoms with Gasteiger partial charge in [-0.05, 0) is 0 Å². The predicted molar refractivity (Wildman–Crippen MR) is 36.9 cm³/mol. The summed E-state index contributed by atoms with van der Waals surface area (Å²) in [6.07, 6.45) is 3.87. The Bertz CT molecular complexity index is 181. The van der Waals surface area contributed by atoms with Crippen molar-refractivity contribution in [2.45, 2.75) is 6.42 Å². The second-order valence-corrected chi connectivity index (χ2v) is 2.06. The van der Waals surface area contributed by atoms with Crippen molar-refractivity contribution in [1.82, 2.24) is 0 Å². The zero-order valence-electron chi connectivity index (χ0n) is 4.63. The van der Waals surface area contributed by atoms with Crippen LogP contribution in [0.4, 0.5) is 0 Å². The van der Waals surface area contributed by atoms with Crippen molar-refractivity contribution < 1.29 is 9.53 Å². The molecule has 1 rings (SSSR count). The molecule has 0 bridgehead atoms. The van der Waals surface area contributed by atoms with E-state index in [0.717, 1.165) is 0 Å². The molecular formula is C6H5BrO2. The average molecular weight is 189 g/mol. The van der Waals surface area contributed by atoms with E-state index in [1.807, 2.05) is 0 Å². The molecule has 0 fully saturated rings. The Morgan fingerprint density at radius 3 is 3.00 bits per heavy atom. The van der Waals surface area contributed by atoms with Gasteiger partial charge in [0, 0.05) is 17.5 Å². The van der Waals surface area contributed by atoms with Gasteiger partial charge in [0.2, 0.25) is 0 Å². The highest BCUT2D eigenvalue weighted by Crippen LogP contribution is 2.12. The fourth-order valence-corrected chi connectivity index (χ4v) is 0.823. The second kappa shape index (κ2) is 2.82. The summed E-state index contributed by atoms with van der Waals surface area (Å²) in [5.74, 6) is 0.356. The lowest BCUT2D eigenvalue weighted by Gasteiger charge is -2.06. The minimum absolute atomic E-state index is 0.299. The number of carbonyl (C=O) groups is 1. The summed E-state index contributed by atoms with van der Waals surface area (Å²) in [6.45, 7) is 0. The average Bonchev–Trinajstić information content (AvgIpc) is 1.88. The largest absolute Gasteiger partial charge is 0.427 e. The maximum Gasteiger partial charge on any atom is 0.335 e. The third-order valence-electron chi connectivity index (χ3n) is 0.926. The number of esters is 1. The van der Waals surface area contributed by atoms with Gasteiger partial charge in [0.05, 0.1) is 0 Å². The van der Waals surface area contributed by atoms with E-state index in [0.29, 0.717) is 12.2 Å². The Morgan fingerprint density at radius 1 is 1.78 bits per heavy atom. The number of cyclic esters (lactones) is 1. The standard InChI is InChI=1S/C6H5BrO2/c7-4-5-2-1-3-6(8)9-5/h1,3-4H,2H2. The second-order valence-electron chi connectivity index (χ2n) is 1.60. The third-order valence-corrected chi connectivity index (χ3v) is 1.44. The molecule has 48 valence electrons. The Kier molecular flexibility index (Phi) is 2.05. The molecule has 0 radical (unpaired) electrons. The summed E-state index contributed by atoms with van der Waals surface area (Å²) >= 11 is 3.07. The summed E-state index contributed by atoms with van der Waals surface area (Å²) in [5, 5.41) is 0. The van der Waals surface area contributed by atoms with Crippen LogP contribution >= 0.6 is 15.9 Å². The number of halogens is 1. The normalized spacial score (nSPS) is 22.3. The minimum atomic E-state index is -0.299. The van der Waals surface area contributed by atoms with Crippen LogP contribution in [-0.2, 0) is 9.53 Å². The van der Waals surface area contributed by atoms with Gasteiger partial charge in [-0.1, -0.05) is 22.0 Å². The van der Waals surface area contributed by atoms with Crippen LogP contribution in [-0.4, -0.2) is 5.97 Å². The molecule has 0 saturated carbocycles. The van der Waals surface area contributed by atoms with Crippen LogP contribution in [0.3, 0.4) is 0 Å². The first-order valence-corrected chi connectivity index (χ1v) is 3.42. The molecule has 1 aliphatic heterocycles. The van der Waals surface area contributed by atoms with E-state index in [2.05, 4.69) is 15.9 Å². The molecule has 0 N–H and O–H groups in total. The zero-order chi connectivity index (χ0) is 6.69. The van der Waals surface area contributed by atoms with E-state index in [1.165, 1.54) is 6.08 Å². The lowest BCUT2D eigenvalue weighted by molar-refractivity contribution is -0.134. The number of hydrogen-bond acceptors (Lipinski definition) is 2. The molecular weight excluding hydrogens is 184 g/mol. The summed E-state index contributed by atoms with van der Waals surface area (Å²) in [7, 11) is 0. The Balaban J connectivity index is 2.68. The van der Waals surface area contributed by atoms with Crippen molar-refractivity contribution in [3.05, 3.63) is 22.9 Å². The first-order chi connectivity index (χ1) is 4.33. The van der Waals surface area contributed by atoms with E-state index in [1.54, 1.807) is 11.1 Å². The van der Waals surface area contributed by atoms with Crippen LogP contribution in [0.2, 0.25) is 0 Å². The molecule has 0 aromatic heterocycles. The fourth-order valence-electron chi connectivity index (χ4n) is 0.543.